The molecule has 4 atom stereocenters. The molecule has 0 aromatic rings. The number of carbonyl (C=O) groups excluding carboxylic acids is 2. The number of aldehydes is 1. The van der Waals surface area contributed by atoms with Crippen molar-refractivity contribution in [3.63, 3.8) is 0 Å². The highest BCUT2D eigenvalue weighted by Crippen LogP contribution is 2.05. The van der Waals surface area contributed by atoms with Crippen LogP contribution in [0.15, 0.2) is 0 Å². The first-order chi connectivity index (χ1) is 7.45. The zero-order chi connectivity index (χ0) is 12.7. The van der Waals surface area contributed by atoms with Crippen molar-refractivity contribution in [2.75, 3.05) is 6.61 Å². The van der Waals surface area contributed by atoms with Gasteiger partial charge in [-0.15, -0.1) is 0 Å². The Kier molecular flexibility index (Phi) is 6.82. The number of hydrogen-bond donors (Lipinski definition) is 4. The Hall–Kier alpha value is -1.02. The predicted molar refractivity (Wildman–Crippen MR) is 51.3 cm³/mol. The summed E-state index contributed by atoms with van der Waals surface area (Å²) in [6.45, 7) is 1.80. The van der Waals surface area contributed by atoms with E-state index in [1.54, 1.807) is 6.92 Å². The molecule has 7 nitrogen and oxygen atoms in total. The van der Waals surface area contributed by atoms with E-state index in [0.717, 1.165) is 0 Å². The fraction of sp³-hybridized carbons (Fsp3) is 0.778. The molecule has 94 valence electrons. The minimum atomic E-state index is -2.00. The van der Waals surface area contributed by atoms with E-state index < -0.39 is 30.4 Å². The Bertz CT molecular complexity index is 230. The van der Waals surface area contributed by atoms with Crippen molar-refractivity contribution in [2.24, 2.45) is 0 Å². The molecule has 0 rings (SSSR count). The molecule has 0 aromatic heterocycles. The maximum absolute atomic E-state index is 11.0. The van der Waals surface area contributed by atoms with Crippen LogP contribution in [0.1, 0.15) is 13.3 Å². The van der Waals surface area contributed by atoms with Crippen LogP contribution in [0.2, 0.25) is 0 Å². The van der Waals surface area contributed by atoms with E-state index in [0.29, 0.717) is 6.42 Å². The molecule has 0 amide bonds. The summed E-state index contributed by atoms with van der Waals surface area (Å²) in [7, 11) is 0. The largest absolute Gasteiger partial charge is 0.464 e. The maximum atomic E-state index is 11.0. The molecule has 0 fully saturated rings. The number of hydrogen-bond acceptors (Lipinski definition) is 7. The molecule has 16 heavy (non-hydrogen) atoms. The van der Waals surface area contributed by atoms with E-state index in [1.807, 2.05) is 0 Å². The van der Waals surface area contributed by atoms with Gasteiger partial charge in [-0.05, 0) is 6.42 Å². The van der Waals surface area contributed by atoms with Gasteiger partial charge in [-0.3, -0.25) is 0 Å². The highest BCUT2D eigenvalue weighted by Gasteiger charge is 2.35. The van der Waals surface area contributed by atoms with E-state index in [9.17, 15) is 19.8 Å². The first kappa shape index (κ1) is 15.0. The van der Waals surface area contributed by atoms with Crippen LogP contribution in [-0.4, -0.2) is 63.7 Å². The van der Waals surface area contributed by atoms with Gasteiger partial charge in [-0.25, -0.2) is 4.79 Å². The van der Waals surface area contributed by atoms with E-state index in [4.69, 9.17) is 10.2 Å². The third-order valence-electron chi connectivity index (χ3n) is 1.85. The van der Waals surface area contributed by atoms with Crippen LogP contribution < -0.4 is 0 Å². The molecule has 4 N–H and O–H groups in total. The number of carbonyl (C=O) groups is 2. The summed E-state index contributed by atoms with van der Waals surface area (Å²) in [5.41, 5.74) is 0. The lowest BCUT2D eigenvalue weighted by atomic mass is 10.0. The average molecular weight is 236 g/mol. The summed E-state index contributed by atoms with van der Waals surface area (Å²) in [5.74, 6) is -1.12. The average Bonchev–Trinajstić information content (AvgIpc) is 2.31. The Morgan fingerprint density at radius 3 is 2.25 bits per heavy atom. The molecule has 0 aromatic carbocycles. The second-order valence-electron chi connectivity index (χ2n) is 3.22. The first-order valence-corrected chi connectivity index (χ1v) is 4.79. The molecule has 0 aliphatic rings. The van der Waals surface area contributed by atoms with Gasteiger partial charge in [0.25, 0.3) is 0 Å². The smallest absolute Gasteiger partial charge is 0.337 e. The number of aliphatic hydroxyl groups is 4. The molecule has 0 aliphatic heterocycles. The molecule has 0 unspecified atom stereocenters. The molecule has 0 bridgehead atoms. The third-order valence-corrected chi connectivity index (χ3v) is 1.85. The second kappa shape index (κ2) is 7.29. The Morgan fingerprint density at radius 1 is 1.25 bits per heavy atom. The number of aliphatic hydroxyl groups excluding tert-OH is 4. The summed E-state index contributed by atoms with van der Waals surface area (Å²) < 4.78 is 4.51. The van der Waals surface area contributed by atoms with Gasteiger partial charge >= 0.3 is 5.97 Å². The maximum Gasteiger partial charge on any atom is 0.337 e. The normalized spacial score (nSPS) is 18.3. The molecular formula is C9H16O7. The fourth-order valence-electron chi connectivity index (χ4n) is 0.897. The van der Waals surface area contributed by atoms with Crippen molar-refractivity contribution in [2.45, 2.75) is 37.8 Å². The Morgan fingerprint density at radius 2 is 1.81 bits per heavy atom. The Balaban J connectivity index is 4.30. The summed E-state index contributed by atoms with van der Waals surface area (Å²) in [5, 5.41) is 36.4. The standard InChI is InChI=1S/C9H16O7/c1-2-3-16-9(15)8(14)7(13)6(12)5(11)4-10/h4-8,11-14H,2-3H2,1H3/t5-,6+,7+,8-/m0/s1. The van der Waals surface area contributed by atoms with Gasteiger partial charge in [0.2, 0.25) is 0 Å². The molecule has 0 aliphatic carbocycles. The van der Waals surface area contributed by atoms with Gasteiger partial charge in [0.1, 0.15) is 18.3 Å². The predicted octanol–water partition coefficient (Wildman–Crippen LogP) is -2.42. The van der Waals surface area contributed by atoms with Gasteiger partial charge in [-0.1, -0.05) is 6.92 Å². The summed E-state index contributed by atoms with van der Waals surface area (Å²) in [4.78, 5) is 21.1. The fourth-order valence-corrected chi connectivity index (χ4v) is 0.897. The summed E-state index contributed by atoms with van der Waals surface area (Å²) in [6.07, 6.45) is -7.28. The van der Waals surface area contributed by atoms with E-state index in [-0.39, 0.29) is 12.9 Å². The molecule has 0 saturated heterocycles. The van der Waals surface area contributed by atoms with E-state index >= 15 is 0 Å². The van der Waals surface area contributed by atoms with Crippen LogP contribution in [0.3, 0.4) is 0 Å². The van der Waals surface area contributed by atoms with Crippen molar-refractivity contribution >= 4 is 12.3 Å². The topological polar surface area (TPSA) is 124 Å². The van der Waals surface area contributed by atoms with Gasteiger partial charge < -0.3 is 30.0 Å². The van der Waals surface area contributed by atoms with Crippen LogP contribution in [-0.2, 0) is 14.3 Å². The van der Waals surface area contributed by atoms with Crippen LogP contribution in [0.4, 0.5) is 0 Å². The van der Waals surface area contributed by atoms with Crippen LogP contribution in [0.25, 0.3) is 0 Å². The molecule has 0 spiro atoms. The highest BCUT2D eigenvalue weighted by molar-refractivity contribution is 5.75. The zero-order valence-electron chi connectivity index (χ0n) is 8.81. The minimum Gasteiger partial charge on any atom is -0.464 e. The highest BCUT2D eigenvalue weighted by atomic mass is 16.5. The lowest BCUT2D eigenvalue weighted by Gasteiger charge is -2.22. The van der Waals surface area contributed by atoms with Gasteiger partial charge in [-0.2, -0.15) is 0 Å². The van der Waals surface area contributed by atoms with Crippen molar-refractivity contribution in [1.29, 1.82) is 0 Å². The van der Waals surface area contributed by atoms with E-state index in [1.165, 1.54) is 0 Å². The van der Waals surface area contributed by atoms with Gasteiger partial charge in [0.05, 0.1) is 6.61 Å². The quantitative estimate of drug-likeness (QED) is 0.286. The molecule has 0 radical (unpaired) electrons. The third kappa shape index (κ3) is 4.23. The van der Waals surface area contributed by atoms with Gasteiger partial charge in [0, 0.05) is 0 Å². The van der Waals surface area contributed by atoms with Crippen LogP contribution in [0.5, 0.6) is 0 Å². The second-order valence-corrected chi connectivity index (χ2v) is 3.22. The minimum absolute atomic E-state index is 0.0159. The van der Waals surface area contributed by atoms with E-state index in [2.05, 4.69) is 4.74 Å². The number of esters is 1. The molecule has 7 heteroatoms. The van der Waals surface area contributed by atoms with Crippen molar-refractivity contribution in [3.8, 4) is 0 Å². The van der Waals surface area contributed by atoms with Crippen molar-refractivity contribution in [3.05, 3.63) is 0 Å². The van der Waals surface area contributed by atoms with Crippen molar-refractivity contribution < 1.29 is 34.8 Å². The van der Waals surface area contributed by atoms with Crippen LogP contribution in [0, 0.1) is 0 Å². The Labute approximate surface area is 92.3 Å². The molecule has 0 saturated carbocycles. The first-order valence-electron chi connectivity index (χ1n) is 4.79. The summed E-state index contributed by atoms with van der Waals surface area (Å²) >= 11 is 0. The molecular weight excluding hydrogens is 220 g/mol. The van der Waals surface area contributed by atoms with Gasteiger partial charge in [0.15, 0.2) is 12.4 Å². The SMILES string of the molecule is CCCOC(=O)[C@@H](O)[C@H](O)[C@H](O)[C@@H](O)C=O. The number of rotatable bonds is 7. The van der Waals surface area contributed by atoms with Crippen molar-refractivity contribution in [1.82, 2.24) is 0 Å². The molecule has 0 heterocycles. The monoisotopic (exact) mass is 236 g/mol. The summed E-state index contributed by atoms with van der Waals surface area (Å²) in [6, 6.07) is 0. The lowest BCUT2D eigenvalue weighted by molar-refractivity contribution is -0.169. The zero-order valence-corrected chi connectivity index (χ0v) is 8.81. The number of ether oxygens (including phenoxy) is 1. The lowest BCUT2D eigenvalue weighted by Crippen LogP contribution is -2.48. The van der Waals surface area contributed by atoms with Crippen LogP contribution >= 0.6 is 0 Å².